The average Bonchev–Trinajstić information content (AvgIpc) is 2.48. The molecule has 0 bridgehead atoms. The second kappa shape index (κ2) is 6.83. The van der Waals surface area contributed by atoms with E-state index in [2.05, 4.69) is 11.6 Å². The second-order valence-electron chi connectivity index (χ2n) is 5.18. The van der Waals surface area contributed by atoms with Gasteiger partial charge < -0.3 is 4.74 Å². The summed E-state index contributed by atoms with van der Waals surface area (Å²) >= 11 is 0. The number of rotatable bonds is 6. The molecule has 0 heterocycles. The molecule has 0 atom stereocenters. The minimum absolute atomic E-state index is 0.255. The lowest BCUT2D eigenvalue weighted by Crippen LogP contribution is -2.14. The van der Waals surface area contributed by atoms with Gasteiger partial charge in [-0.15, -0.1) is 0 Å². The van der Waals surface area contributed by atoms with E-state index < -0.39 is 10.0 Å². The fourth-order valence-corrected chi connectivity index (χ4v) is 3.57. The van der Waals surface area contributed by atoms with E-state index in [1.165, 1.54) is 5.56 Å². The van der Waals surface area contributed by atoms with Gasteiger partial charge >= 0.3 is 0 Å². The number of aryl methyl sites for hydroxylation is 2. The van der Waals surface area contributed by atoms with Crippen LogP contribution in [0.3, 0.4) is 0 Å². The maximum absolute atomic E-state index is 12.5. The van der Waals surface area contributed by atoms with Crippen LogP contribution in [0.2, 0.25) is 0 Å². The van der Waals surface area contributed by atoms with Crippen LogP contribution in [0, 0.1) is 6.92 Å². The molecule has 0 aliphatic carbocycles. The Morgan fingerprint density at radius 2 is 1.77 bits per heavy atom. The van der Waals surface area contributed by atoms with Crippen molar-refractivity contribution >= 4 is 15.7 Å². The Kier molecular flexibility index (Phi) is 5.08. The highest BCUT2D eigenvalue weighted by Crippen LogP contribution is 2.23. The molecule has 0 aromatic heterocycles. The highest BCUT2D eigenvalue weighted by Gasteiger charge is 2.17. The van der Waals surface area contributed by atoms with Gasteiger partial charge in [0.2, 0.25) is 0 Å². The van der Waals surface area contributed by atoms with Crippen molar-refractivity contribution in [1.29, 1.82) is 0 Å². The minimum Gasteiger partial charge on any atom is -0.497 e. The Hall–Kier alpha value is -2.01. The second-order valence-corrected chi connectivity index (χ2v) is 6.83. The molecule has 118 valence electrons. The molecule has 2 aromatic rings. The quantitative estimate of drug-likeness (QED) is 0.882. The van der Waals surface area contributed by atoms with E-state index in [0.29, 0.717) is 17.0 Å². The Bertz CT molecular complexity index is 737. The molecule has 0 saturated heterocycles. The molecule has 4 nitrogen and oxygen atoms in total. The van der Waals surface area contributed by atoms with Crippen LogP contribution >= 0.6 is 0 Å². The third kappa shape index (κ3) is 3.80. The third-order valence-electron chi connectivity index (χ3n) is 3.42. The molecule has 0 saturated carbocycles. The highest BCUT2D eigenvalue weighted by molar-refractivity contribution is 7.92. The zero-order valence-electron chi connectivity index (χ0n) is 13.1. The predicted molar refractivity (Wildman–Crippen MR) is 89.0 cm³/mol. The Labute approximate surface area is 132 Å². The topological polar surface area (TPSA) is 55.4 Å². The monoisotopic (exact) mass is 319 g/mol. The van der Waals surface area contributed by atoms with Gasteiger partial charge in [-0.1, -0.05) is 25.5 Å². The van der Waals surface area contributed by atoms with Gasteiger partial charge in [-0.25, -0.2) is 8.42 Å². The standard InChI is InChI=1S/C17H21NO3S/c1-4-5-14-6-8-15(9-7-14)18-22(19,20)17-11-10-16(21-3)12-13(17)2/h6-12,18H,4-5H2,1-3H3. The number of anilines is 1. The van der Waals surface area contributed by atoms with Crippen LogP contribution in [0.25, 0.3) is 0 Å². The van der Waals surface area contributed by atoms with Crippen molar-refractivity contribution in [3.8, 4) is 5.75 Å². The molecule has 0 amide bonds. The van der Waals surface area contributed by atoms with Crippen molar-refractivity contribution in [2.24, 2.45) is 0 Å². The SMILES string of the molecule is CCCc1ccc(NS(=O)(=O)c2ccc(OC)cc2C)cc1. The molecular weight excluding hydrogens is 298 g/mol. The van der Waals surface area contributed by atoms with Gasteiger partial charge in [-0.3, -0.25) is 4.72 Å². The maximum Gasteiger partial charge on any atom is 0.262 e. The lowest BCUT2D eigenvalue weighted by atomic mass is 10.1. The number of benzene rings is 2. The van der Waals surface area contributed by atoms with Crippen LogP contribution in [-0.4, -0.2) is 15.5 Å². The smallest absolute Gasteiger partial charge is 0.262 e. The van der Waals surface area contributed by atoms with Crippen molar-refractivity contribution in [1.82, 2.24) is 0 Å². The lowest BCUT2D eigenvalue weighted by molar-refractivity contribution is 0.414. The molecule has 0 unspecified atom stereocenters. The molecule has 0 spiro atoms. The molecule has 2 aromatic carbocycles. The Morgan fingerprint density at radius 3 is 2.32 bits per heavy atom. The van der Waals surface area contributed by atoms with Gasteiger partial charge in [0.05, 0.1) is 12.0 Å². The summed E-state index contributed by atoms with van der Waals surface area (Å²) in [6.45, 7) is 3.87. The van der Waals surface area contributed by atoms with Gasteiger partial charge in [0, 0.05) is 5.69 Å². The van der Waals surface area contributed by atoms with Crippen LogP contribution in [0.5, 0.6) is 5.75 Å². The summed E-state index contributed by atoms with van der Waals surface area (Å²) in [6.07, 6.45) is 2.06. The van der Waals surface area contributed by atoms with Gasteiger partial charge in [-0.05, 0) is 54.8 Å². The van der Waals surface area contributed by atoms with Gasteiger partial charge in [0.25, 0.3) is 10.0 Å². The Balaban J connectivity index is 2.23. The van der Waals surface area contributed by atoms with E-state index in [1.807, 2.05) is 12.1 Å². The first-order valence-electron chi connectivity index (χ1n) is 7.22. The Morgan fingerprint density at radius 1 is 1.09 bits per heavy atom. The summed E-state index contributed by atoms with van der Waals surface area (Å²) in [5, 5.41) is 0. The predicted octanol–water partition coefficient (Wildman–Crippen LogP) is 3.76. The minimum atomic E-state index is -3.60. The molecule has 0 radical (unpaired) electrons. The molecule has 2 rings (SSSR count). The van der Waals surface area contributed by atoms with E-state index in [9.17, 15) is 8.42 Å². The summed E-state index contributed by atoms with van der Waals surface area (Å²) in [5.41, 5.74) is 2.41. The molecule has 22 heavy (non-hydrogen) atoms. The highest BCUT2D eigenvalue weighted by atomic mass is 32.2. The fourth-order valence-electron chi connectivity index (χ4n) is 2.29. The van der Waals surface area contributed by atoms with E-state index in [0.717, 1.165) is 12.8 Å². The van der Waals surface area contributed by atoms with Crippen LogP contribution < -0.4 is 9.46 Å². The first-order valence-corrected chi connectivity index (χ1v) is 8.71. The molecule has 1 N–H and O–H groups in total. The molecular formula is C17H21NO3S. The average molecular weight is 319 g/mol. The number of nitrogens with one attached hydrogen (secondary N) is 1. The summed E-state index contributed by atoms with van der Waals surface area (Å²) in [6, 6.07) is 12.4. The summed E-state index contributed by atoms with van der Waals surface area (Å²) in [5.74, 6) is 0.639. The lowest BCUT2D eigenvalue weighted by Gasteiger charge is -2.12. The third-order valence-corrected chi connectivity index (χ3v) is 4.96. The molecule has 0 aliphatic heterocycles. The number of hydrogen-bond acceptors (Lipinski definition) is 3. The first-order chi connectivity index (χ1) is 10.5. The summed E-state index contributed by atoms with van der Waals surface area (Å²) < 4.78 is 32.7. The number of methoxy groups -OCH3 is 1. The van der Waals surface area contributed by atoms with Crippen molar-refractivity contribution in [3.63, 3.8) is 0 Å². The molecule has 0 fully saturated rings. The zero-order valence-corrected chi connectivity index (χ0v) is 13.9. The number of sulfonamides is 1. The van der Waals surface area contributed by atoms with E-state index in [4.69, 9.17) is 4.74 Å². The van der Waals surface area contributed by atoms with Crippen LogP contribution in [0.15, 0.2) is 47.4 Å². The van der Waals surface area contributed by atoms with Crippen LogP contribution in [-0.2, 0) is 16.4 Å². The maximum atomic E-state index is 12.5. The van der Waals surface area contributed by atoms with Crippen molar-refractivity contribution in [3.05, 3.63) is 53.6 Å². The zero-order chi connectivity index (χ0) is 16.2. The van der Waals surface area contributed by atoms with Crippen molar-refractivity contribution in [2.45, 2.75) is 31.6 Å². The summed E-state index contributed by atoms with van der Waals surface area (Å²) in [4.78, 5) is 0.255. The van der Waals surface area contributed by atoms with Gasteiger partial charge in [-0.2, -0.15) is 0 Å². The molecule has 5 heteroatoms. The fraction of sp³-hybridized carbons (Fsp3) is 0.294. The van der Waals surface area contributed by atoms with E-state index >= 15 is 0 Å². The number of ether oxygens (including phenoxy) is 1. The number of hydrogen-bond donors (Lipinski definition) is 1. The van der Waals surface area contributed by atoms with E-state index in [1.54, 1.807) is 44.4 Å². The largest absolute Gasteiger partial charge is 0.497 e. The summed E-state index contributed by atoms with van der Waals surface area (Å²) in [7, 11) is -2.05. The van der Waals surface area contributed by atoms with Gasteiger partial charge in [0.1, 0.15) is 5.75 Å². The normalized spacial score (nSPS) is 11.2. The van der Waals surface area contributed by atoms with Crippen molar-refractivity contribution in [2.75, 3.05) is 11.8 Å². The molecule has 0 aliphatic rings. The van der Waals surface area contributed by atoms with Crippen LogP contribution in [0.4, 0.5) is 5.69 Å². The van der Waals surface area contributed by atoms with E-state index in [-0.39, 0.29) is 4.90 Å². The van der Waals surface area contributed by atoms with Crippen molar-refractivity contribution < 1.29 is 13.2 Å². The van der Waals surface area contributed by atoms with Gasteiger partial charge in [0.15, 0.2) is 0 Å². The van der Waals surface area contributed by atoms with Crippen LogP contribution in [0.1, 0.15) is 24.5 Å². The first kappa shape index (κ1) is 16.4.